The van der Waals surface area contributed by atoms with E-state index in [9.17, 15) is 14.4 Å². The highest BCUT2D eigenvalue weighted by molar-refractivity contribution is 5.99. The molecule has 0 saturated heterocycles. The van der Waals surface area contributed by atoms with Crippen molar-refractivity contribution in [1.82, 2.24) is 5.48 Å². The molecule has 2 rings (SSSR count). The van der Waals surface area contributed by atoms with E-state index in [1.54, 1.807) is 26.0 Å². The molecule has 1 aliphatic heterocycles. The van der Waals surface area contributed by atoms with Crippen LogP contribution in [0, 0.1) is 6.92 Å². The molecule has 0 aliphatic carbocycles. The molecule has 0 fully saturated rings. The van der Waals surface area contributed by atoms with Crippen molar-refractivity contribution in [3.8, 4) is 5.75 Å². The maximum absolute atomic E-state index is 12.2. The van der Waals surface area contributed by atoms with Crippen LogP contribution >= 0.6 is 0 Å². The topological polar surface area (TPSA) is 81.7 Å². The van der Waals surface area contributed by atoms with E-state index >= 15 is 0 Å². The molecule has 1 amide bonds. The van der Waals surface area contributed by atoms with Crippen LogP contribution in [0.1, 0.15) is 47.2 Å². The van der Waals surface area contributed by atoms with Gasteiger partial charge in [-0.25, -0.2) is 0 Å². The number of hydroxylamine groups is 1. The van der Waals surface area contributed by atoms with Gasteiger partial charge in [0.1, 0.15) is 0 Å². The number of ether oxygens (including phenoxy) is 1. The Hall–Kier alpha value is -2.37. The first-order chi connectivity index (χ1) is 9.93. The number of ketones is 1. The number of hydrogen-bond acceptors (Lipinski definition) is 5. The summed E-state index contributed by atoms with van der Waals surface area (Å²) in [5.41, 5.74) is 4.24. The average molecular weight is 291 g/mol. The lowest BCUT2D eigenvalue weighted by atomic mass is 9.91. The van der Waals surface area contributed by atoms with Gasteiger partial charge >= 0.3 is 5.97 Å². The van der Waals surface area contributed by atoms with Crippen molar-refractivity contribution >= 4 is 17.7 Å². The minimum absolute atomic E-state index is 0.0401. The van der Waals surface area contributed by atoms with Crippen molar-refractivity contribution in [2.75, 3.05) is 7.11 Å². The van der Waals surface area contributed by atoms with Crippen molar-refractivity contribution in [2.45, 2.75) is 32.6 Å². The maximum atomic E-state index is 12.2. The van der Waals surface area contributed by atoms with Gasteiger partial charge in [-0.2, -0.15) is 5.48 Å². The predicted octanol–water partition coefficient (Wildman–Crippen LogP) is 1.66. The highest BCUT2D eigenvalue weighted by Gasteiger charge is 2.27. The normalized spacial score (nSPS) is 16.5. The van der Waals surface area contributed by atoms with Gasteiger partial charge in [0, 0.05) is 17.5 Å². The van der Waals surface area contributed by atoms with Gasteiger partial charge in [0.05, 0.1) is 19.4 Å². The molecule has 1 atom stereocenters. The maximum Gasteiger partial charge on any atom is 0.305 e. The van der Waals surface area contributed by atoms with E-state index in [4.69, 9.17) is 4.84 Å². The van der Waals surface area contributed by atoms with Crippen molar-refractivity contribution in [2.24, 2.45) is 0 Å². The molecule has 0 bridgehead atoms. The number of carbonyl (C=O) groups excluding carboxylic acids is 3. The second-order valence-corrected chi connectivity index (χ2v) is 4.99. The Bertz CT molecular complexity index is 608. The largest absolute Gasteiger partial charge is 0.469 e. The Morgan fingerprint density at radius 2 is 2.05 bits per heavy atom. The van der Waals surface area contributed by atoms with Crippen LogP contribution in [0.2, 0.25) is 0 Å². The van der Waals surface area contributed by atoms with Crippen molar-refractivity contribution in [3.05, 3.63) is 28.8 Å². The number of hydrogen-bond donors (Lipinski definition) is 1. The highest BCUT2D eigenvalue weighted by atomic mass is 16.7. The number of nitrogens with one attached hydrogen (secondary N) is 1. The highest BCUT2D eigenvalue weighted by Crippen LogP contribution is 2.33. The van der Waals surface area contributed by atoms with Gasteiger partial charge in [0.15, 0.2) is 11.5 Å². The van der Waals surface area contributed by atoms with E-state index < -0.39 is 5.97 Å². The molecule has 112 valence electrons. The van der Waals surface area contributed by atoms with Crippen LogP contribution in [-0.4, -0.2) is 24.8 Å². The van der Waals surface area contributed by atoms with Crippen LogP contribution in [0.15, 0.2) is 12.1 Å². The molecule has 21 heavy (non-hydrogen) atoms. The summed E-state index contributed by atoms with van der Waals surface area (Å²) >= 11 is 0. The molecule has 0 spiro atoms. The second kappa shape index (κ2) is 5.95. The molecule has 6 heteroatoms. The third kappa shape index (κ3) is 3.04. The molecule has 1 aliphatic rings. The van der Waals surface area contributed by atoms with E-state index in [2.05, 4.69) is 10.2 Å². The molecular formula is C15H17NO5. The van der Waals surface area contributed by atoms with Gasteiger partial charge in [-0.3, -0.25) is 14.4 Å². The summed E-state index contributed by atoms with van der Waals surface area (Å²) in [7, 11) is 1.29. The number of methoxy groups -OCH3 is 1. The fourth-order valence-electron chi connectivity index (χ4n) is 2.21. The molecule has 1 aromatic rings. The monoisotopic (exact) mass is 291 g/mol. The van der Waals surface area contributed by atoms with Crippen LogP contribution < -0.4 is 10.3 Å². The Kier molecular flexibility index (Phi) is 4.26. The van der Waals surface area contributed by atoms with Crippen LogP contribution in [0.5, 0.6) is 5.75 Å². The van der Waals surface area contributed by atoms with Gasteiger partial charge in [-0.1, -0.05) is 0 Å². The summed E-state index contributed by atoms with van der Waals surface area (Å²) < 4.78 is 4.52. The van der Waals surface area contributed by atoms with Gasteiger partial charge in [0.25, 0.3) is 5.91 Å². The molecular weight excluding hydrogens is 274 g/mol. The molecule has 6 nitrogen and oxygen atoms in total. The van der Waals surface area contributed by atoms with E-state index in [0.29, 0.717) is 16.9 Å². The van der Waals surface area contributed by atoms with Crippen molar-refractivity contribution < 1.29 is 24.0 Å². The van der Waals surface area contributed by atoms with E-state index in [0.717, 1.165) is 5.56 Å². The lowest BCUT2D eigenvalue weighted by molar-refractivity contribution is -0.140. The molecule has 1 unspecified atom stereocenters. The molecule has 0 aromatic heterocycles. The summed E-state index contributed by atoms with van der Waals surface area (Å²) in [6, 6.07) is 3.39. The lowest BCUT2D eigenvalue weighted by Gasteiger charge is -2.23. The molecule has 0 radical (unpaired) electrons. The predicted molar refractivity (Wildman–Crippen MR) is 73.9 cm³/mol. The zero-order valence-electron chi connectivity index (χ0n) is 12.2. The quantitative estimate of drug-likeness (QED) is 0.674. The zero-order valence-corrected chi connectivity index (χ0v) is 12.2. The number of benzene rings is 1. The number of Topliss-reactive ketones (excluding diaryl/α,β-unsaturated/α-hetero) is 1. The fraction of sp³-hybridized carbons (Fsp3) is 0.400. The van der Waals surface area contributed by atoms with E-state index in [-0.39, 0.29) is 30.4 Å². The number of carbonyl (C=O) groups is 3. The Morgan fingerprint density at radius 1 is 1.33 bits per heavy atom. The minimum Gasteiger partial charge on any atom is -0.469 e. The summed E-state index contributed by atoms with van der Waals surface area (Å²) in [6.07, 6.45) is 0.117. The first kappa shape index (κ1) is 15.0. The lowest BCUT2D eigenvalue weighted by Crippen LogP contribution is -2.36. The van der Waals surface area contributed by atoms with Crippen molar-refractivity contribution in [3.63, 3.8) is 0 Å². The summed E-state index contributed by atoms with van der Waals surface area (Å²) in [5, 5.41) is 0. The fourth-order valence-corrected chi connectivity index (χ4v) is 2.21. The smallest absolute Gasteiger partial charge is 0.305 e. The second-order valence-electron chi connectivity index (χ2n) is 4.99. The van der Waals surface area contributed by atoms with Gasteiger partial charge in [-0.05, 0) is 31.5 Å². The molecule has 1 aromatic carbocycles. The standard InChI is InChI=1S/C15H17NO5/c1-8-6-13-11(9(2)15(19)16-21-13)7-10(8)12(17)4-5-14(18)20-3/h6-7,9H,4-5H2,1-3H3,(H,16,19). The Labute approximate surface area is 122 Å². The SMILES string of the molecule is COC(=O)CCC(=O)c1cc2c(cc1C)ONC(=O)C2C. The number of amides is 1. The third-order valence-corrected chi connectivity index (χ3v) is 3.56. The van der Waals surface area contributed by atoms with E-state index in [1.807, 2.05) is 0 Å². The number of aryl methyl sites for hydroxylation is 1. The Morgan fingerprint density at radius 3 is 2.71 bits per heavy atom. The van der Waals surface area contributed by atoms with Crippen LogP contribution in [0.25, 0.3) is 0 Å². The number of rotatable bonds is 4. The molecule has 1 N–H and O–H groups in total. The molecule has 1 heterocycles. The van der Waals surface area contributed by atoms with Gasteiger partial charge in [0.2, 0.25) is 0 Å². The van der Waals surface area contributed by atoms with Gasteiger partial charge in [-0.15, -0.1) is 0 Å². The average Bonchev–Trinajstić information content (AvgIpc) is 2.48. The summed E-state index contributed by atoms with van der Waals surface area (Å²) in [5.74, 6) is -0.668. The van der Waals surface area contributed by atoms with Crippen LogP contribution in [-0.2, 0) is 14.3 Å². The third-order valence-electron chi connectivity index (χ3n) is 3.56. The van der Waals surface area contributed by atoms with Crippen molar-refractivity contribution in [1.29, 1.82) is 0 Å². The molecule has 0 saturated carbocycles. The first-order valence-electron chi connectivity index (χ1n) is 6.65. The zero-order chi connectivity index (χ0) is 15.6. The van der Waals surface area contributed by atoms with E-state index in [1.165, 1.54) is 7.11 Å². The summed E-state index contributed by atoms with van der Waals surface area (Å²) in [6.45, 7) is 3.53. The Balaban J connectivity index is 2.26. The van der Waals surface area contributed by atoms with Gasteiger partial charge < -0.3 is 9.57 Å². The minimum atomic E-state index is -0.421. The van der Waals surface area contributed by atoms with Crippen LogP contribution in [0.4, 0.5) is 0 Å². The number of esters is 1. The first-order valence-corrected chi connectivity index (χ1v) is 6.65. The number of fused-ring (bicyclic) bond motifs is 1. The van der Waals surface area contributed by atoms with Crippen LogP contribution in [0.3, 0.4) is 0 Å². The summed E-state index contributed by atoms with van der Waals surface area (Å²) in [4.78, 5) is 40.1.